The summed E-state index contributed by atoms with van der Waals surface area (Å²) < 4.78 is 5.62. The normalized spacial score (nSPS) is 20.9. The number of likely N-dealkylation sites (N-methyl/N-ethyl adjacent to an activating group) is 1. The van der Waals surface area contributed by atoms with E-state index < -0.39 is 0 Å². The van der Waals surface area contributed by atoms with Crippen LogP contribution in [0.1, 0.15) is 25.7 Å². The van der Waals surface area contributed by atoms with E-state index in [1.807, 2.05) is 25.2 Å². The second kappa shape index (κ2) is 9.23. The highest BCUT2D eigenvalue weighted by Gasteiger charge is 2.27. The molecule has 0 aliphatic heterocycles. The van der Waals surface area contributed by atoms with E-state index in [4.69, 9.17) is 22.1 Å². The SMILES string of the molecule is CN(CCOc1ccccc1Cl)C(=O)C1CCCC(N)C1.Cl. The first-order valence-corrected chi connectivity index (χ1v) is 7.83. The molecule has 0 aromatic heterocycles. The Hall–Kier alpha value is -0.970. The molecule has 1 aromatic carbocycles. The minimum Gasteiger partial charge on any atom is -0.490 e. The van der Waals surface area contributed by atoms with Crippen molar-refractivity contribution in [3.63, 3.8) is 0 Å². The zero-order valence-corrected chi connectivity index (χ0v) is 14.4. The van der Waals surface area contributed by atoms with E-state index in [1.165, 1.54) is 0 Å². The van der Waals surface area contributed by atoms with Gasteiger partial charge < -0.3 is 15.4 Å². The third kappa shape index (κ3) is 5.34. The Labute approximate surface area is 143 Å². The first kappa shape index (κ1) is 19.1. The number of para-hydroxylation sites is 1. The van der Waals surface area contributed by atoms with Crippen LogP contribution < -0.4 is 10.5 Å². The highest BCUT2D eigenvalue weighted by molar-refractivity contribution is 6.32. The molecule has 2 N–H and O–H groups in total. The van der Waals surface area contributed by atoms with Gasteiger partial charge in [-0.15, -0.1) is 12.4 Å². The van der Waals surface area contributed by atoms with Gasteiger partial charge >= 0.3 is 0 Å². The van der Waals surface area contributed by atoms with E-state index in [1.54, 1.807) is 11.0 Å². The topological polar surface area (TPSA) is 55.6 Å². The Balaban J connectivity index is 0.00000242. The fourth-order valence-electron chi connectivity index (χ4n) is 2.73. The Kier molecular flexibility index (Phi) is 8.01. The van der Waals surface area contributed by atoms with Crippen molar-refractivity contribution in [3.8, 4) is 5.75 Å². The van der Waals surface area contributed by atoms with Crippen molar-refractivity contribution >= 4 is 29.9 Å². The van der Waals surface area contributed by atoms with Crippen LogP contribution in [0.2, 0.25) is 5.02 Å². The van der Waals surface area contributed by atoms with E-state index >= 15 is 0 Å². The van der Waals surface area contributed by atoms with Gasteiger partial charge in [-0.2, -0.15) is 0 Å². The van der Waals surface area contributed by atoms with Crippen molar-refractivity contribution in [1.29, 1.82) is 0 Å². The molecule has 124 valence electrons. The average molecular weight is 347 g/mol. The number of amides is 1. The lowest BCUT2D eigenvalue weighted by atomic mass is 9.85. The van der Waals surface area contributed by atoms with Gasteiger partial charge in [-0.05, 0) is 31.4 Å². The molecule has 0 heterocycles. The number of carbonyl (C=O) groups is 1. The molecule has 4 nitrogen and oxygen atoms in total. The molecule has 2 unspecified atom stereocenters. The number of ether oxygens (including phenoxy) is 1. The van der Waals surface area contributed by atoms with Gasteiger partial charge in [0.2, 0.25) is 5.91 Å². The van der Waals surface area contributed by atoms with Crippen LogP contribution in [0, 0.1) is 5.92 Å². The summed E-state index contributed by atoms with van der Waals surface area (Å²) in [5.74, 6) is 0.895. The largest absolute Gasteiger partial charge is 0.490 e. The Morgan fingerprint density at radius 3 is 2.82 bits per heavy atom. The molecule has 0 bridgehead atoms. The van der Waals surface area contributed by atoms with Gasteiger partial charge in [0.05, 0.1) is 11.6 Å². The minimum absolute atomic E-state index is 0. The van der Waals surface area contributed by atoms with Crippen LogP contribution in [0.25, 0.3) is 0 Å². The number of benzene rings is 1. The van der Waals surface area contributed by atoms with Gasteiger partial charge in [-0.25, -0.2) is 0 Å². The Bertz CT molecular complexity index is 485. The first-order chi connectivity index (χ1) is 10.1. The zero-order valence-electron chi connectivity index (χ0n) is 12.8. The van der Waals surface area contributed by atoms with Crippen LogP contribution >= 0.6 is 24.0 Å². The second-order valence-electron chi connectivity index (χ2n) is 5.66. The molecule has 1 aliphatic rings. The maximum absolute atomic E-state index is 12.3. The van der Waals surface area contributed by atoms with Crippen molar-refractivity contribution in [2.45, 2.75) is 31.7 Å². The van der Waals surface area contributed by atoms with Gasteiger partial charge in [0, 0.05) is 19.0 Å². The van der Waals surface area contributed by atoms with E-state index in [9.17, 15) is 4.79 Å². The number of hydrogen-bond acceptors (Lipinski definition) is 3. The molecule has 1 amide bonds. The molecule has 2 atom stereocenters. The molecular formula is C16H24Cl2N2O2. The molecule has 1 aromatic rings. The summed E-state index contributed by atoms with van der Waals surface area (Å²) >= 11 is 6.02. The lowest BCUT2D eigenvalue weighted by molar-refractivity contribution is -0.135. The van der Waals surface area contributed by atoms with E-state index in [0.29, 0.717) is 23.9 Å². The number of rotatable bonds is 5. The van der Waals surface area contributed by atoms with Crippen LogP contribution in [0.5, 0.6) is 5.75 Å². The van der Waals surface area contributed by atoms with E-state index in [0.717, 1.165) is 25.7 Å². The fraction of sp³-hybridized carbons (Fsp3) is 0.562. The Morgan fingerprint density at radius 2 is 2.14 bits per heavy atom. The number of hydrogen-bond donors (Lipinski definition) is 1. The predicted molar refractivity (Wildman–Crippen MR) is 91.8 cm³/mol. The molecule has 0 radical (unpaired) electrons. The summed E-state index contributed by atoms with van der Waals surface area (Å²) in [5, 5.41) is 0.588. The molecule has 1 fully saturated rings. The fourth-order valence-corrected chi connectivity index (χ4v) is 2.92. The smallest absolute Gasteiger partial charge is 0.225 e. The number of nitrogens with two attached hydrogens (primary N) is 1. The third-order valence-electron chi connectivity index (χ3n) is 3.96. The quantitative estimate of drug-likeness (QED) is 0.890. The van der Waals surface area contributed by atoms with Crippen molar-refractivity contribution < 1.29 is 9.53 Å². The summed E-state index contributed by atoms with van der Waals surface area (Å²) in [5.41, 5.74) is 5.95. The molecule has 1 aliphatic carbocycles. The summed E-state index contributed by atoms with van der Waals surface area (Å²) in [7, 11) is 1.82. The molecule has 0 spiro atoms. The maximum Gasteiger partial charge on any atom is 0.225 e. The van der Waals surface area contributed by atoms with Crippen LogP contribution in [-0.2, 0) is 4.79 Å². The average Bonchev–Trinajstić information content (AvgIpc) is 2.48. The highest BCUT2D eigenvalue weighted by atomic mass is 35.5. The number of carbonyl (C=O) groups excluding carboxylic acids is 1. The molecule has 6 heteroatoms. The lowest BCUT2D eigenvalue weighted by Gasteiger charge is -2.29. The van der Waals surface area contributed by atoms with Crippen molar-refractivity contribution in [1.82, 2.24) is 4.90 Å². The molecule has 22 heavy (non-hydrogen) atoms. The minimum atomic E-state index is 0. The van der Waals surface area contributed by atoms with Crippen LogP contribution in [0.3, 0.4) is 0 Å². The number of halogens is 2. The second-order valence-corrected chi connectivity index (χ2v) is 6.07. The maximum atomic E-state index is 12.3. The molecule has 2 rings (SSSR count). The lowest BCUT2D eigenvalue weighted by Crippen LogP contribution is -2.40. The van der Waals surface area contributed by atoms with Gasteiger partial charge in [-0.1, -0.05) is 30.2 Å². The van der Waals surface area contributed by atoms with Crippen molar-refractivity contribution in [2.75, 3.05) is 20.2 Å². The van der Waals surface area contributed by atoms with Crippen LogP contribution in [0.15, 0.2) is 24.3 Å². The summed E-state index contributed by atoms with van der Waals surface area (Å²) in [6.45, 7) is 0.987. The first-order valence-electron chi connectivity index (χ1n) is 7.46. The predicted octanol–water partition coefficient (Wildman–Crippen LogP) is 3.12. The summed E-state index contributed by atoms with van der Waals surface area (Å²) in [6, 6.07) is 7.51. The van der Waals surface area contributed by atoms with Gasteiger partial charge in [0.25, 0.3) is 0 Å². The van der Waals surface area contributed by atoms with Gasteiger partial charge in [-0.3, -0.25) is 4.79 Å². The van der Waals surface area contributed by atoms with E-state index in [2.05, 4.69) is 0 Å². The third-order valence-corrected chi connectivity index (χ3v) is 4.27. The van der Waals surface area contributed by atoms with Crippen LogP contribution in [0.4, 0.5) is 0 Å². The molecular weight excluding hydrogens is 323 g/mol. The molecule has 0 saturated heterocycles. The molecule has 1 saturated carbocycles. The Morgan fingerprint density at radius 1 is 1.41 bits per heavy atom. The van der Waals surface area contributed by atoms with Gasteiger partial charge in [0.1, 0.15) is 12.4 Å². The van der Waals surface area contributed by atoms with Crippen molar-refractivity contribution in [3.05, 3.63) is 29.3 Å². The van der Waals surface area contributed by atoms with Crippen LogP contribution in [-0.4, -0.2) is 37.0 Å². The summed E-state index contributed by atoms with van der Waals surface area (Å²) in [6.07, 6.45) is 3.82. The zero-order chi connectivity index (χ0) is 15.2. The van der Waals surface area contributed by atoms with Gasteiger partial charge in [0.15, 0.2) is 0 Å². The summed E-state index contributed by atoms with van der Waals surface area (Å²) in [4.78, 5) is 14.1. The highest BCUT2D eigenvalue weighted by Crippen LogP contribution is 2.25. The standard InChI is InChI=1S/C16H23ClN2O2.ClH/c1-19(16(20)12-5-4-6-13(18)11-12)9-10-21-15-8-3-2-7-14(15)17;/h2-3,7-8,12-13H,4-6,9-11,18H2,1H3;1H. The van der Waals surface area contributed by atoms with E-state index in [-0.39, 0.29) is 30.3 Å². The number of nitrogens with zero attached hydrogens (tertiary/aromatic N) is 1. The van der Waals surface area contributed by atoms with Crippen molar-refractivity contribution in [2.24, 2.45) is 11.7 Å². The monoisotopic (exact) mass is 346 g/mol.